The van der Waals surface area contributed by atoms with Gasteiger partial charge in [-0.05, 0) is 49.7 Å². The average Bonchev–Trinajstić information content (AvgIpc) is 2.64. The van der Waals surface area contributed by atoms with Crippen LogP contribution >= 0.6 is 0 Å². The van der Waals surface area contributed by atoms with E-state index in [1.165, 1.54) is 19.3 Å². The van der Waals surface area contributed by atoms with E-state index < -0.39 is 0 Å². The number of aryl methyl sites for hydroxylation is 1. The van der Waals surface area contributed by atoms with Gasteiger partial charge in [-0.2, -0.15) is 0 Å². The van der Waals surface area contributed by atoms with Crippen LogP contribution in [0.4, 0.5) is 0 Å². The summed E-state index contributed by atoms with van der Waals surface area (Å²) in [6, 6.07) is 4.82. The molecule has 0 saturated heterocycles. The number of nitrogens with one attached hydrogen (secondary N) is 1. The first-order valence-corrected chi connectivity index (χ1v) is 11.1. The number of phenols is 1. The summed E-state index contributed by atoms with van der Waals surface area (Å²) >= 11 is 0. The van der Waals surface area contributed by atoms with Gasteiger partial charge in [0, 0.05) is 29.4 Å². The third-order valence-corrected chi connectivity index (χ3v) is 6.38. The highest BCUT2D eigenvalue weighted by molar-refractivity contribution is 5.85. The summed E-state index contributed by atoms with van der Waals surface area (Å²) in [4.78, 5) is 4.92. The zero-order valence-corrected chi connectivity index (χ0v) is 18.0. The number of aliphatic imine (C=N–C) groups is 1. The second kappa shape index (κ2) is 8.96. The summed E-state index contributed by atoms with van der Waals surface area (Å²) in [5.74, 6) is 0.352. The van der Waals surface area contributed by atoms with Crippen molar-refractivity contribution in [2.24, 2.45) is 4.99 Å². The molecule has 2 aliphatic rings. The van der Waals surface area contributed by atoms with E-state index in [0.29, 0.717) is 11.8 Å². The highest BCUT2D eigenvalue weighted by Gasteiger charge is 2.30. The van der Waals surface area contributed by atoms with Gasteiger partial charge in [0.25, 0.3) is 0 Å². The maximum Gasteiger partial charge on any atom is 0.128 e. The summed E-state index contributed by atoms with van der Waals surface area (Å²) in [7, 11) is 0. The van der Waals surface area contributed by atoms with Crippen molar-refractivity contribution < 1.29 is 10.2 Å². The molecule has 28 heavy (non-hydrogen) atoms. The molecule has 3 rings (SSSR count). The summed E-state index contributed by atoms with van der Waals surface area (Å²) in [5.41, 5.74) is 2.82. The Morgan fingerprint density at radius 3 is 2.32 bits per heavy atom. The normalized spacial score (nSPS) is 29.3. The van der Waals surface area contributed by atoms with E-state index in [2.05, 4.69) is 39.1 Å². The van der Waals surface area contributed by atoms with E-state index in [0.717, 1.165) is 48.8 Å². The molecule has 3 N–H and O–H groups in total. The highest BCUT2D eigenvalue weighted by atomic mass is 16.3. The monoisotopic (exact) mass is 386 g/mol. The van der Waals surface area contributed by atoms with Gasteiger partial charge in [-0.1, -0.05) is 52.5 Å². The SMILES string of the molecule is Cc1cc(C=N[C@@H]2CCCC[C@H]2NC2CCCCC2O)c(O)c(C(C)(C)C)c1. The Kier molecular flexibility index (Phi) is 6.82. The minimum atomic E-state index is -0.226. The molecule has 0 radical (unpaired) electrons. The molecule has 2 fully saturated rings. The molecule has 2 aliphatic carbocycles. The van der Waals surface area contributed by atoms with Crippen molar-refractivity contribution in [3.8, 4) is 5.75 Å². The summed E-state index contributed by atoms with van der Waals surface area (Å²) in [5, 5.41) is 24.9. The molecule has 2 unspecified atom stereocenters. The van der Waals surface area contributed by atoms with Crippen LogP contribution in [0.1, 0.15) is 88.8 Å². The number of aromatic hydroxyl groups is 1. The van der Waals surface area contributed by atoms with Crippen LogP contribution in [0.2, 0.25) is 0 Å². The van der Waals surface area contributed by atoms with Gasteiger partial charge in [-0.3, -0.25) is 4.99 Å². The molecule has 0 aromatic heterocycles. The topological polar surface area (TPSA) is 64.9 Å². The summed E-state index contributed by atoms with van der Waals surface area (Å²) in [6.07, 6.45) is 10.5. The van der Waals surface area contributed by atoms with Gasteiger partial charge in [0.15, 0.2) is 0 Å². The smallest absolute Gasteiger partial charge is 0.128 e. The molecule has 1 aromatic rings. The van der Waals surface area contributed by atoms with E-state index in [1.807, 2.05) is 12.3 Å². The molecule has 0 spiro atoms. The van der Waals surface area contributed by atoms with E-state index in [4.69, 9.17) is 4.99 Å². The Hall–Kier alpha value is -1.39. The predicted octanol–water partition coefficient (Wildman–Crippen LogP) is 4.62. The maximum absolute atomic E-state index is 10.8. The fraction of sp³-hybridized carbons (Fsp3) is 0.708. The van der Waals surface area contributed by atoms with Crippen molar-refractivity contribution in [2.45, 2.75) is 109 Å². The van der Waals surface area contributed by atoms with Crippen molar-refractivity contribution in [1.82, 2.24) is 5.32 Å². The van der Waals surface area contributed by atoms with Gasteiger partial charge in [-0.15, -0.1) is 0 Å². The molecule has 0 heterocycles. The number of nitrogens with zero attached hydrogens (tertiary/aromatic N) is 1. The van der Waals surface area contributed by atoms with Crippen molar-refractivity contribution >= 4 is 6.21 Å². The van der Waals surface area contributed by atoms with Gasteiger partial charge < -0.3 is 15.5 Å². The van der Waals surface area contributed by atoms with Crippen LogP contribution < -0.4 is 5.32 Å². The molecule has 2 saturated carbocycles. The lowest BCUT2D eigenvalue weighted by Crippen LogP contribution is -2.51. The van der Waals surface area contributed by atoms with Crippen LogP contribution in [0, 0.1) is 6.92 Å². The number of hydrogen-bond donors (Lipinski definition) is 3. The van der Waals surface area contributed by atoms with Crippen LogP contribution in [0.25, 0.3) is 0 Å². The zero-order valence-electron chi connectivity index (χ0n) is 18.0. The van der Waals surface area contributed by atoms with Crippen LogP contribution in [-0.4, -0.2) is 40.7 Å². The maximum atomic E-state index is 10.8. The fourth-order valence-electron chi connectivity index (χ4n) is 4.72. The fourth-order valence-corrected chi connectivity index (χ4v) is 4.72. The lowest BCUT2D eigenvalue weighted by Gasteiger charge is -2.36. The Balaban J connectivity index is 1.77. The van der Waals surface area contributed by atoms with Crippen LogP contribution in [0.15, 0.2) is 17.1 Å². The van der Waals surface area contributed by atoms with Crippen LogP contribution in [0.3, 0.4) is 0 Å². The van der Waals surface area contributed by atoms with Gasteiger partial charge in [-0.25, -0.2) is 0 Å². The van der Waals surface area contributed by atoms with Crippen LogP contribution in [-0.2, 0) is 5.41 Å². The third-order valence-electron chi connectivity index (χ3n) is 6.38. The van der Waals surface area contributed by atoms with Crippen molar-refractivity contribution in [2.75, 3.05) is 0 Å². The molecule has 156 valence electrons. The lowest BCUT2D eigenvalue weighted by molar-refractivity contribution is 0.0796. The van der Waals surface area contributed by atoms with E-state index in [1.54, 1.807) is 0 Å². The van der Waals surface area contributed by atoms with E-state index in [9.17, 15) is 10.2 Å². The molecule has 0 amide bonds. The van der Waals surface area contributed by atoms with Crippen LogP contribution in [0.5, 0.6) is 5.75 Å². The molecule has 0 aliphatic heterocycles. The number of benzene rings is 1. The number of aliphatic hydroxyl groups excluding tert-OH is 1. The van der Waals surface area contributed by atoms with E-state index in [-0.39, 0.29) is 23.6 Å². The Morgan fingerprint density at radius 1 is 1.00 bits per heavy atom. The number of hydrogen-bond acceptors (Lipinski definition) is 4. The number of phenolic OH excluding ortho intramolecular Hbond substituents is 1. The van der Waals surface area contributed by atoms with E-state index >= 15 is 0 Å². The Labute approximate surface area is 170 Å². The second-order valence-corrected chi connectivity index (χ2v) is 9.86. The minimum absolute atomic E-state index is 0.106. The molecule has 4 heteroatoms. The van der Waals surface area contributed by atoms with Gasteiger partial charge in [0.05, 0.1) is 12.1 Å². The largest absolute Gasteiger partial charge is 0.507 e. The molecular weight excluding hydrogens is 348 g/mol. The standard InChI is InChI=1S/C24H38N2O2/c1-16-13-17(23(28)18(14-16)24(2,3)4)15-25-19-9-5-6-10-20(19)26-21-11-7-8-12-22(21)27/h13-15,19-22,26-28H,5-12H2,1-4H3/t19-,20-,21?,22?/m1/s1. The predicted molar refractivity (Wildman–Crippen MR) is 117 cm³/mol. The zero-order chi connectivity index (χ0) is 20.3. The first-order chi connectivity index (χ1) is 13.3. The van der Waals surface area contributed by atoms with Gasteiger partial charge in [0.1, 0.15) is 5.75 Å². The molecular formula is C24H38N2O2. The first kappa shape index (κ1) is 21.3. The molecule has 0 bridgehead atoms. The third kappa shape index (κ3) is 5.15. The number of rotatable bonds is 4. The first-order valence-electron chi connectivity index (χ1n) is 11.1. The summed E-state index contributed by atoms with van der Waals surface area (Å²) in [6.45, 7) is 8.44. The highest BCUT2D eigenvalue weighted by Crippen LogP contribution is 2.34. The van der Waals surface area contributed by atoms with Crippen molar-refractivity contribution in [1.29, 1.82) is 0 Å². The van der Waals surface area contributed by atoms with Gasteiger partial charge in [0.2, 0.25) is 0 Å². The number of aliphatic hydroxyl groups is 1. The Bertz CT molecular complexity index is 693. The molecule has 4 nitrogen and oxygen atoms in total. The lowest BCUT2D eigenvalue weighted by atomic mass is 9.84. The summed E-state index contributed by atoms with van der Waals surface area (Å²) < 4.78 is 0. The van der Waals surface area contributed by atoms with Gasteiger partial charge >= 0.3 is 0 Å². The quantitative estimate of drug-likeness (QED) is 0.662. The second-order valence-electron chi connectivity index (χ2n) is 9.86. The average molecular weight is 387 g/mol. The molecule has 1 aromatic carbocycles. The van der Waals surface area contributed by atoms with Crippen molar-refractivity contribution in [3.63, 3.8) is 0 Å². The Morgan fingerprint density at radius 2 is 1.64 bits per heavy atom. The molecule has 4 atom stereocenters. The minimum Gasteiger partial charge on any atom is -0.507 e. The van der Waals surface area contributed by atoms with Crippen molar-refractivity contribution in [3.05, 3.63) is 28.8 Å².